The molecule has 0 aromatic heterocycles. The highest BCUT2D eigenvalue weighted by Gasteiger charge is 2.16. The Hall–Kier alpha value is -0.660. The van der Waals surface area contributed by atoms with Crippen molar-refractivity contribution in [2.24, 2.45) is 0 Å². The smallest absolute Gasteiger partial charge is 0.100 e. The Labute approximate surface area is 82.0 Å². The molecule has 13 heavy (non-hydrogen) atoms. The van der Waals surface area contributed by atoms with Gasteiger partial charge in [0.15, 0.2) is 0 Å². The van der Waals surface area contributed by atoms with E-state index in [1.165, 1.54) is 30.8 Å². The second-order valence-corrected chi connectivity index (χ2v) is 4.27. The second kappa shape index (κ2) is 4.54. The number of nitrogens with zero attached hydrogens (tertiary/aromatic N) is 1. The predicted molar refractivity (Wildman–Crippen MR) is 57.5 cm³/mol. The third-order valence-electron chi connectivity index (χ3n) is 2.50. The first-order valence-electron chi connectivity index (χ1n) is 5.31. The molecule has 0 atom stereocenters. The number of hydrogen-bond acceptors (Lipinski definition) is 2. The standard InChI is InChI=1S/C11H22N2/c1-9(2)11-12-7-5-6-8-13(11)10(3)4/h10,12H,5-8H2,1-4H3. The number of allylic oxidation sites excluding steroid dienone is 1. The summed E-state index contributed by atoms with van der Waals surface area (Å²) in [7, 11) is 0. The summed E-state index contributed by atoms with van der Waals surface area (Å²) >= 11 is 0. The minimum Gasteiger partial charge on any atom is -0.372 e. The molecule has 1 fully saturated rings. The molecule has 76 valence electrons. The van der Waals surface area contributed by atoms with E-state index in [0.717, 1.165) is 6.54 Å². The highest BCUT2D eigenvalue weighted by molar-refractivity contribution is 5.08. The summed E-state index contributed by atoms with van der Waals surface area (Å²) in [4.78, 5) is 2.47. The van der Waals surface area contributed by atoms with Crippen molar-refractivity contribution in [3.63, 3.8) is 0 Å². The van der Waals surface area contributed by atoms with Crippen LogP contribution in [0.25, 0.3) is 0 Å². The molecule has 0 aromatic rings. The molecule has 1 heterocycles. The number of hydrogen-bond donors (Lipinski definition) is 1. The highest BCUT2D eigenvalue weighted by Crippen LogP contribution is 2.15. The molecule has 2 heteroatoms. The van der Waals surface area contributed by atoms with Crippen LogP contribution in [0.2, 0.25) is 0 Å². The average molecular weight is 182 g/mol. The van der Waals surface area contributed by atoms with E-state index in [2.05, 4.69) is 37.9 Å². The molecule has 1 aliphatic rings. The molecule has 0 amide bonds. The SMILES string of the molecule is CC(C)=C1NCCCCN1C(C)C. The molecule has 2 nitrogen and oxygen atoms in total. The van der Waals surface area contributed by atoms with Crippen LogP contribution < -0.4 is 5.32 Å². The van der Waals surface area contributed by atoms with Gasteiger partial charge in [-0.15, -0.1) is 0 Å². The van der Waals surface area contributed by atoms with Gasteiger partial charge in [-0.3, -0.25) is 0 Å². The minimum atomic E-state index is 0.607. The van der Waals surface area contributed by atoms with Crippen molar-refractivity contribution in [3.05, 3.63) is 11.4 Å². The zero-order valence-electron chi connectivity index (χ0n) is 9.35. The summed E-state index contributed by atoms with van der Waals surface area (Å²) in [6.07, 6.45) is 2.60. The Balaban J connectivity index is 2.80. The molecule has 1 rings (SSSR count). The minimum absolute atomic E-state index is 0.607. The van der Waals surface area contributed by atoms with Crippen LogP contribution in [0.4, 0.5) is 0 Å². The van der Waals surface area contributed by atoms with Crippen molar-refractivity contribution in [3.8, 4) is 0 Å². The number of nitrogens with one attached hydrogen (secondary N) is 1. The largest absolute Gasteiger partial charge is 0.372 e. The summed E-state index contributed by atoms with van der Waals surface area (Å²) in [6.45, 7) is 11.2. The van der Waals surface area contributed by atoms with Gasteiger partial charge in [0.1, 0.15) is 5.82 Å². The van der Waals surface area contributed by atoms with Crippen molar-refractivity contribution in [1.29, 1.82) is 0 Å². The number of rotatable bonds is 1. The van der Waals surface area contributed by atoms with Crippen molar-refractivity contribution in [2.45, 2.75) is 46.6 Å². The van der Waals surface area contributed by atoms with Crippen molar-refractivity contribution >= 4 is 0 Å². The maximum Gasteiger partial charge on any atom is 0.100 e. The first-order valence-corrected chi connectivity index (χ1v) is 5.31. The molecule has 0 radical (unpaired) electrons. The van der Waals surface area contributed by atoms with E-state index < -0.39 is 0 Å². The first-order chi connectivity index (χ1) is 6.13. The van der Waals surface area contributed by atoms with E-state index in [1.54, 1.807) is 0 Å². The van der Waals surface area contributed by atoms with Gasteiger partial charge in [-0.1, -0.05) is 0 Å². The molecule has 0 spiro atoms. The maximum absolute atomic E-state index is 3.52. The van der Waals surface area contributed by atoms with Crippen molar-refractivity contribution < 1.29 is 0 Å². The topological polar surface area (TPSA) is 15.3 Å². The van der Waals surface area contributed by atoms with Gasteiger partial charge in [0.2, 0.25) is 0 Å². The van der Waals surface area contributed by atoms with E-state index >= 15 is 0 Å². The lowest BCUT2D eigenvalue weighted by Gasteiger charge is -2.30. The average Bonchev–Trinajstić information content (AvgIpc) is 2.27. The first kappa shape index (κ1) is 10.4. The Morgan fingerprint density at radius 2 is 2.00 bits per heavy atom. The molecule has 0 unspecified atom stereocenters. The lowest BCUT2D eigenvalue weighted by Crippen LogP contribution is -2.36. The van der Waals surface area contributed by atoms with Crippen molar-refractivity contribution in [2.75, 3.05) is 13.1 Å². The summed E-state index contributed by atoms with van der Waals surface area (Å²) in [5.41, 5.74) is 1.40. The monoisotopic (exact) mass is 182 g/mol. The molecule has 0 aliphatic carbocycles. The fourth-order valence-electron chi connectivity index (χ4n) is 1.81. The molecule has 1 saturated heterocycles. The molecule has 0 aromatic carbocycles. The maximum atomic E-state index is 3.52. The summed E-state index contributed by atoms with van der Waals surface area (Å²) in [5, 5.41) is 3.52. The van der Waals surface area contributed by atoms with Crippen LogP contribution in [0.1, 0.15) is 40.5 Å². The van der Waals surface area contributed by atoms with E-state index in [-0.39, 0.29) is 0 Å². The summed E-state index contributed by atoms with van der Waals surface area (Å²) in [5.74, 6) is 1.35. The van der Waals surface area contributed by atoms with Gasteiger partial charge in [-0.25, -0.2) is 0 Å². The Bertz CT molecular complexity index is 190. The normalized spacial score (nSPS) is 18.5. The molecule has 0 bridgehead atoms. The Morgan fingerprint density at radius 3 is 2.54 bits per heavy atom. The van der Waals surface area contributed by atoms with Crippen LogP contribution >= 0.6 is 0 Å². The van der Waals surface area contributed by atoms with Gasteiger partial charge < -0.3 is 10.2 Å². The zero-order valence-corrected chi connectivity index (χ0v) is 9.35. The van der Waals surface area contributed by atoms with Crippen molar-refractivity contribution in [1.82, 2.24) is 10.2 Å². The molecule has 1 aliphatic heterocycles. The lowest BCUT2D eigenvalue weighted by molar-refractivity contribution is 0.274. The fraction of sp³-hybridized carbons (Fsp3) is 0.818. The fourth-order valence-corrected chi connectivity index (χ4v) is 1.81. The molecular formula is C11H22N2. The Kier molecular flexibility index (Phi) is 3.64. The van der Waals surface area contributed by atoms with Crippen LogP contribution in [0, 0.1) is 0 Å². The lowest BCUT2D eigenvalue weighted by atomic mass is 10.2. The van der Waals surface area contributed by atoms with Crippen LogP contribution in [0.15, 0.2) is 11.4 Å². The van der Waals surface area contributed by atoms with E-state index in [9.17, 15) is 0 Å². The van der Waals surface area contributed by atoms with Crippen LogP contribution in [0.3, 0.4) is 0 Å². The van der Waals surface area contributed by atoms with Gasteiger partial charge in [0.05, 0.1) is 0 Å². The molecular weight excluding hydrogens is 160 g/mol. The van der Waals surface area contributed by atoms with Crippen LogP contribution in [-0.2, 0) is 0 Å². The van der Waals surface area contributed by atoms with Gasteiger partial charge in [0, 0.05) is 19.1 Å². The van der Waals surface area contributed by atoms with Gasteiger partial charge in [0.25, 0.3) is 0 Å². The summed E-state index contributed by atoms with van der Waals surface area (Å²) < 4.78 is 0. The predicted octanol–water partition coefficient (Wildman–Crippen LogP) is 2.33. The highest BCUT2D eigenvalue weighted by atomic mass is 15.3. The third-order valence-corrected chi connectivity index (χ3v) is 2.50. The summed E-state index contributed by atoms with van der Waals surface area (Å²) in [6, 6.07) is 0.607. The Morgan fingerprint density at radius 1 is 1.31 bits per heavy atom. The van der Waals surface area contributed by atoms with E-state index in [4.69, 9.17) is 0 Å². The quantitative estimate of drug-likeness (QED) is 0.669. The van der Waals surface area contributed by atoms with Crippen LogP contribution in [0.5, 0.6) is 0 Å². The van der Waals surface area contributed by atoms with E-state index in [1.807, 2.05) is 0 Å². The van der Waals surface area contributed by atoms with Gasteiger partial charge in [-0.05, 0) is 46.1 Å². The third kappa shape index (κ3) is 2.64. The molecule has 0 saturated carbocycles. The van der Waals surface area contributed by atoms with Crippen LogP contribution in [-0.4, -0.2) is 24.0 Å². The van der Waals surface area contributed by atoms with Gasteiger partial charge >= 0.3 is 0 Å². The van der Waals surface area contributed by atoms with E-state index in [0.29, 0.717) is 6.04 Å². The molecule has 1 N–H and O–H groups in total. The zero-order chi connectivity index (χ0) is 9.84. The van der Waals surface area contributed by atoms with Gasteiger partial charge in [-0.2, -0.15) is 0 Å². The second-order valence-electron chi connectivity index (χ2n) is 4.27.